The third-order valence-corrected chi connectivity index (χ3v) is 5.11. The Kier molecular flexibility index (Phi) is 7.28. The van der Waals surface area contributed by atoms with Gasteiger partial charge in [-0.3, -0.25) is 9.59 Å². The Morgan fingerprint density at radius 1 is 1.06 bits per heavy atom. The highest BCUT2D eigenvalue weighted by atomic mass is 16.5. The molecule has 7 nitrogen and oxygen atoms in total. The highest BCUT2D eigenvalue weighted by molar-refractivity contribution is 6.22. The van der Waals surface area contributed by atoms with Crippen LogP contribution in [0, 0.1) is 5.92 Å². The molecule has 1 aliphatic rings. The summed E-state index contributed by atoms with van der Waals surface area (Å²) in [5, 5.41) is 2.81. The zero-order chi connectivity index (χ0) is 22.4. The summed E-state index contributed by atoms with van der Waals surface area (Å²) in [6.45, 7) is 7.01. The molecule has 0 bridgehead atoms. The van der Waals surface area contributed by atoms with Crippen LogP contribution in [0.5, 0.6) is 5.75 Å². The molecule has 4 amide bonds. The highest BCUT2D eigenvalue weighted by Crippen LogP contribution is 2.27. The van der Waals surface area contributed by atoms with Crippen LogP contribution in [0.3, 0.4) is 0 Å². The van der Waals surface area contributed by atoms with Crippen LogP contribution in [0.15, 0.2) is 54.6 Å². The number of nitrogens with one attached hydrogen (secondary N) is 1. The molecular formula is C24H29N3O4. The maximum atomic E-state index is 13.1. The standard InChI is InChI=1S/C24H29N3O4/c1-4-31-20-12-10-18(11-13-20)25-22(28)16-21-23(29)27(19-8-6-5-7-9-19)24(30)26(21)15-14-17(2)3/h5-13,17,21H,4,14-16H2,1-3H3,(H,25,28). The van der Waals surface area contributed by atoms with Gasteiger partial charge in [-0.05, 0) is 55.7 Å². The minimum atomic E-state index is -0.825. The van der Waals surface area contributed by atoms with Gasteiger partial charge in [0.15, 0.2) is 0 Å². The Bertz CT molecular complexity index is 912. The second-order valence-corrected chi connectivity index (χ2v) is 7.89. The van der Waals surface area contributed by atoms with E-state index in [9.17, 15) is 14.4 Å². The van der Waals surface area contributed by atoms with Crippen LogP contribution in [0.25, 0.3) is 0 Å². The van der Waals surface area contributed by atoms with E-state index >= 15 is 0 Å². The van der Waals surface area contributed by atoms with E-state index < -0.39 is 6.04 Å². The number of nitrogens with zero attached hydrogens (tertiary/aromatic N) is 2. The van der Waals surface area contributed by atoms with Gasteiger partial charge in [-0.25, -0.2) is 9.69 Å². The van der Waals surface area contributed by atoms with E-state index in [4.69, 9.17) is 4.74 Å². The van der Waals surface area contributed by atoms with Crippen molar-refractivity contribution in [3.8, 4) is 5.75 Å². The molecule has 164 valence electrons. The monoisotopic (exact) mass is 423 g/mol. The van der Waals surface area contributed by atoms with Crippen LogP contribution in [0.4, 0.5) is 16.2 Å². The van der Waals surface area contributed by atoms with Crippen LogP contribution >= 0.6 is 0 Å². The molecule has 1 saturated heterocycles. The Morgan fingerprint density at radius 3 is 2.35 bits per heavy atom. The lowest BCUT2D eigenvalue weighted by Crippen LogP contribution is -2.39. The third-order valence-electron chi connectivity index (χ3n) is 5.11. The average Bonchev–Trinajstić information content (AvgIpc) is 2.97. The molecule has 0 spiro atoms. The van der Waals surface area contributed by atoms with Gasteiger partial charge >= 0.3 is 6.03 Å². The number of ether oxygens (including phenoxy) is 1. The van der Waals surface area contributed by atoms with Crippen molar-refractivity contribution in [2.24, 2.45) is 5.92 Å². The Labute approximate surface area is 183 Å². The fraction of sp³-hybridized carbons (Fsp3) is 0.375. The number of benzene rings is 2. The second kappa shape index (κ2) is 10.1. The molecule has 2 aromatic carbocycles. The van der Waals surface area contributed by atoms with Crippen molar-refractivity contribution in [3.63, 3.8) is 0 Å². The Hall–Kier alpha value is -3.35. The molecule has 0 aromatic heterocycles. The van der Waals surface area contributed by atoms with Crippen molar-refractivity contribution in [1.82, 2.24) is 4.90 Å². The van der Waals surface area contributed by atoms with Gasteiger partial charge in [0.1, 0.15) is 11.8 Å². The van der Waals surface area contributed by atoms with Gasteiger partial charge in [-0.15, -0.1) is 0 Å². The lowest BCUT2D eigenvalue weighted by molar-refractivity contribution is -0.124. The van der Waals surface area contributed by atoms with E-state index in [1.807, 2.05) is 13.0 Å². The molecule has 1 aliphatic heterocycles. The van der Waals surface area contributed by atoms with Crippen molar-refractivity contribution in [2.75, 3.05) is 23.4 Å². The van der Waals surface area contributed by atoms with Crippen LogP contribution in [0.1, 0.15) is 33.6 Å². The molecule has 0 aliphatic carbocycles. The number of amides is 4. The number of hydrogen-bond acceptors (Lipinski definition) is 4. The van der Waals surface area contributed by atoms with E-state index in [0.29, 0.717) is 30.4 Å². The fourth-order valence-corrected chi connectivity index (χ4v) is 3.49. The van der Waals surface area contributed by atoms with E-state index in [-0.39, 0.29) is 24.3 Å². The Balaban J connectivity index is 1.74. The first-order valence-electron chi connectivity index (χ1n) is 10.6. The zero-order valence-corrected chi connectivity index (χ0v) is 18.2. The quantitative estimate of drug-likeness (QED) is 0.610. The minimum absolute atomic E-state index is 0.0980. The summed E-state index contributed by atoms with van der Waals surface area (Å²) < 4.78 is 5.41. The van der Waals surface area contributed by atoms with Crippen molar-refractivity contribution in [1.29, 1.82) is 0 Å². The lowest BCUT2D eigenvalue weighted by atomic mass is 10.1. The average molecular weight is 424 g/mol. The maximum Gasteiger partial charge on any atom is 0.332 e. The largest absolute Gasteiger partial charge is 0.494 e. The molecule has 2 aromatic rings. The van der Waals surface area contributed by atoms with Crippen LogP contribution in [-0.2, 0) is 9.59 Å². The van der Waals surface area contributed by atoms with Crippen molar-refractivity contribution in [3.05, 3.63) is 54.6 Å². The summed E-state index contributed by atoms with van der Waals surface area (Å²) in [5.41, 5.74) is 1.13. The fourth-order valence-electron chi connectivity index (χ4n) is 3.49. The molecule has 31 heavy (non-hydrogen) atoms. The van der Waals surface area contributed by atoms with Gasteiger partial charge in [-0.1, -0.05) is 32.0 Å². The van der Waals surface area contributed by atoms with Crippen LogP contribution in [-0.4, -0.2) is 41.9 Å². The van der Waals surface area contributed by atoms with E-state index in [1.165, 1.54) is 9.80 Å². The molecule has 1 fully saturated rings. The zero-order valence-electron chi connectivity index (χ0n) is 18.2. The Morgan fingerprint density at radius 2 is 1.74 bits per heavy atom. The number of rotatable bonds is 9. The first-order chi connectivity index (χ1) is 14.9. The van der Waals surface area contributed by atoms with Crippen molar-refractivity contribution >= 4 is 29.2 Å². The lowest BCUT2D eigenvalue weighted by Gasteiger charge is -2.22. The maximum absolute atomic E-state index is 13.1. The molecule has 1 unspecified atom stereocenters. The summed E-state index contributed by atoms with van der Waals surface area (Å²) in [6.07, 6.45) is 0.651. The van der Waals surface area contributed by atoms with Crippen LogP contribution in [0.2, 0.25) is 0 Å². The number of carbonyl (C=O) groups is 3. The van der Waals surface area contributed by atoms with Gasteiger partial charge in [0, 0.05) is 12.2 Å². The number of urea groups is 1. The number of anilines is 2. The smallest absolute Gasteiger partial charge is 0.332 e. The van der Waals surface area contributed by atoms with E-state index in [1.54, 1.807) is 48.5 Å². The highest BCUT2D eigenvalue weighted by Gasteiger charge is 2.46. The number of imide groups is 1. The predicted octanol–water partition coefficient (Wildman–Crippen LogP) is 4.30. The topological polar surface area (TPSA) is 79.0 Å². The summed E-state index contributed by atoms with van der Waals surface area (Å²) in [5.74, 6) is 0.393. The first-order valence-corrected chi connectivity index (χ1v) is 10.6. The molecule has 0 saturated carbocycles. The molecular weight excluding hydrogens is 394 g/mol. The summed E-state index contributed by atoms with van der Waals surface area (Å²) >= 11 is 0. The first kappa shape index (κ1) is 22.3. The molecule has 7 heteroatoms. The van der Waals surface area contributed by atoms with Gasteiger partial charge in [-0.2, -0.15) is 0 Å². The van der Waals surface area contributed by atoms with Gasteiger partial charge in [0.2, 0.25) is 5.91 Å². The van der Waals surface area contributed by atoms with Crippen molar-refractivity contribution < 1.29 is 19.1 Å². The van der Waals surface area contributed by atoms with E-state index in [0.717, 1.165) is 12.2 Å². The molecule has 3 rings (SSSR count). The number of hydrogen-bond donors (Lipinski definition) is 1. The van der Waals surface area contributed by atoms with Gasteiger partial charge in [0.25, 0.3) is 5.91 Å². The second-order valence-electron chi connectivity index (χ2n) is 7.89. The third kappa shape index (κ3) is 5.42. The normalized spacial score (nSPS) is 16.2. The molecule has 1 atom stereocenters. The molecule has 1 N–H and O–H groups in total. The molecule has 0 radical (unpaired) electrons. The summed E-state index contributed by atoms with van der Waals surface area (Å²) in [6, 6.07) is 14.7. The predicted molar refractivity (Wildman–Crippen MR) is 120 cm³/mol. The summed E-state index contributed by atoms with van der Waals surface area (Å²) in [4.78, 5) is 41.6. The van der Waals surface area contributed by atoms with Crippen molar-refractivity contribution in [2.45, 2.75) is 39.7 Å². The number of para-hydroxylation sites is 1. The number of carbonyl (C=O) groups excluding carboxylic acids is 3. The van der Waals surface area contributed by atoms with Gasteiger partial charge in [0.05, 0.1) is 18.7 Å². The van der Waals surface area contributed by atoms with Gasteiger partial charge < -0.3 is 15.0 Å². The van der Waals surface area contributed by atoms with Crippen LogP contribution < -0.4 is 15.0 Å². The molecule has 1 heterocycles. The summed E-state index contributed by atoms with van der Waals surface area (Å²) in [7, 11) is 0. The SMILES string of the molecule is CCOc1ccc(NC(=O)CC2C(=O)N(c3ccccc3)C(=O)N2CCC(C)C)cc1. The minimum Gasteiger partial charge on any atom is -0.494 e. The van der Waals surface area contributed by atoms with E-state index in [2.05, 4.69) is 19.2 Å².